The lowest BCUT2D eigenvalue weighted by Crippen LogP contribution is -2.43. The Kier molecular flexibility index (Phi) is 3.16. The number of carbonyl (C=O) groups is 1. The minimum Gasteiger partial charge on any atom is -0.316 e. The normalized spacial score (nSPS) is 16.3. The van der Waals surface area contributed by atoms with Crippen LogP contribution in [0.4, 0.5) is 0 Å². The smallest absolute Gasteiger partial charge is 0.137 e. The number of nitrogens with zero attached hydrogens (tertiary/aromatic N) is 2. The molecule has 0 aliphatic carbocycles. The van der Waals surface area contributed by atoms with E-state index in [0.717, 1.165) is 25.2 Å². The average molecular weight is 207 g/mol. The van der Waals surface area contributed by atoms with Crippen molar-refractivity contribution in [2.24, 2.45) is 5.92 Å². The molecule has 2 heterocycles. The van der Waals surface area contributed by atoms with Crippen molar-refractivity contribution in [1.29, 1.82) is 0 Å². The summed E-state index contributed by atoms with van der Waals surface area (Å²) >= 11 is 0. The Bertz CT molecular complexity index is 341. The Morgan fingerprint density at radius 3 is 3.00 bits per heavy atom. The summed E-state index contributed by atoms with van der Waals surface area (Å²) < 4.78 is 1.85. The highest BCUT2D eigenvalue weighted by molar-refractivity contribution is 5.81. The fourth-order valence-corrected chi connectivity index (χ4v) is 1.79. The standard InChI is InChI=1S/C11H17N3O/c1-2-14-8-10(7-13-14)4-11(15)3-9-5-12-6-9/h7-9,12H,2-6H2,1H3. The lowest BCUT2D eigenvalue weighted by Gasteiger charge is -2.26. The summed E-state index contributed by atoms with van der Waals surface area (Å²) in [6.07, 6.45) is 5.00. The van der Waals surface area contributed by atoms with E-state index in [0.29, 0.717) is 24.5 Å². The van der Waals surface area contributed by atoms with Crippen LogP contribution in [0.1, 0.15) is 18.9 Å². The largest absolute Gasteiger partial charge is 0.316 e. The second-order valence-corrected chi connectivity index (χ2v) is 4.15. The van der Waals surface area contributed by atoms with Crippen LogP contribution in [0.2, 0.25) is 0 Å². The molecule has 2 rings (SSSR count). The predicted molar refractivity (Wildman–Crippen MR) is 57.6 cm³/mol. The molecule has 0 unspecified atom stereocenters. The Balaban J connectivity index is 1.82. The molecule has 0 radical (unpaired) electrons. The Hall–Kier alpha value is -1.16. The first-order valence-corrected chi connectivity index (χ1v) is 5.51. The first-order chi connectivity index (χ1) is 7.28. The summed E-state index contributed by atoms with van der Waals surface area (Å²) in [5, 5.41) is 7.33. The van der Waals surface area contributed by atoms with Gasteiger partial charge in [0.1, 0.15) is 5.78 Å². The molecule has 0 bridgehead atoms. The van der Waals surface area contributed by atoms with E-state index in [1.54, 1.807) is 6.20 Å². The molecule has 1 aromatic rings. The minimum atomic E-state index is 0.331. The van der Waals surface area contributed by atoms with Gasteiger partial charge in [-0.1, -0.05) is 0 Å². The van der Waals surface area contributed by atoms with Gasteiger partial charge in [-0.2, -0.15) is 5.10 Å². The molecular formula is C11H17N3O. The number of hydrogen-bond acceptors (Lipinski definition) is 3. The molecule has 15 heavy (non-hydrogen) atoms. The lowest BCUT2D eigenvalue weighted by molar-refractivity contribution is -0.119. The van der Waals surface area contributed by atoms with Crippen molar-refractivity contribution in [3.8, 4) is 0 Å². The Labute approximate surface area is 89.7 Å². The second-order valence-electron chi connectivity index (χ2n) is 4.15. The van der Waals surface area contributed by atoms with Crippen LogP contribution in [0.5, 0.6) is 0 Å². The fourth-order valence-electron chi connectivity index (χ4n) is 1.79. The molecule has 4 nitrogen and oxygen atoms in total. The summed E-state index contributed by atoms with van der Waals surface area (Å²) in [5.41, 5.74) is 1.04. The van der Waals surface area contributed by atoms with Crippen molar-refractivity contribution in [3.05, 3.63) is 18.0 Å². The van der Waals surface area contributed by atoms with E-state index in [-0.39, 0.29) is 0 Å². The van der Waals surface area contributed by atoms with Crippen LogP contribution in [0, 0.1) is 5.92 Å². The quantitative estimate of drug-likeness (QED) is 0.770. The second kappa shape index (κ2) is 4.57. The zero-order chi connectivity index (χ0) is 10.7. The van der Waals surface area contributed by atoms with Crippen LogP contribution < -0.4 is 5.32 Å². The highest BCUT2D eigenvalue weighted by Gasteiger charge is 2.20. The molecule has 1 aromatic heterocycles. The van der Waals surface area contributed by atoms with Gasteiger partial charge in [-0.25, -0.2) is 0 Å². The van der Waals surface area contributed by atoms with Crippen LogP contribution in [0.3, 0.4) is 0 Å². The van der Waals surface area contributed by atoms with Gasteiger partial charge in [0.15, 0.2) is 0 Å². The van der Waals surface area contributed by atoms with Crippen LogP contribution in [-0.2, 0) is 17.8 Å². The lowest BCUT2D eigenvalue weighted by atomic mass is 9.95. The number of carbonyl (C=O) groups excluding carboxylic acids is 1. The number of aromatic nitrogens is 2. The molecule has 1 fully saturated rings. The van der Waals surface area contributed by atoms with Gasteiger partial charge in [0.25, 0.3) is 0 Å². The topological polar surface area (TPSA) is 46.9 Å². The molecule has 1 aliphatic heterocycles. The van der Waals surface area contributed by atoms with Gasteiger partial charge < -0.3 is 5.32 Å². The van der Waals surface area contributed by atoms with Crippen molar-refractivity contribution in [1.82, 2.24) is 15.1 Å². The number of aryl methyl sites for hydroxylation is 1. The SMILES string of the molecule is CCn1cc(CC(=O)CC2CNC2)cn1. The molecular weight excluding hydrogens is 190 g/mol. The first-order valence-electron chi connectivity index (χ1n) is 5.51. The van der Waals surface area contributed by atoms with Gasteiger partial charge >= 0.3 is 0 Å². The highest BCUT2D eigenvalue weighted by atomic mass is 16.1. The molecule has 1 N–H and O–H groups in total. The van der Waals surface area contributed by atoms with Crippen molar-refractivity contribution in [2.75, 3.05) is 13.1 Å². The van der Waals surface area contributed by atoms with Crippen LogP contribution in [-0.4, -0.2) is 28.7 Å². The van der Waals surface area contributed by atoms with Crippen LogP contribution in [0.15, 0.2) is 12.4 Å². The number of Topliss-reactive ketones (excluding diaryl/α,β-unsaturated/α-hetero) is 1. The molecule has 0 amide bonds. The van der Waals surface area contributed by atoms with Crippen LogP contribution in [0.25, 0.3) is 0 Å². The van der Waals surface area contributed by atoms with Gasteiger partial charge in [-0.3, -0.25) is 9.48 Å². The number of hydrogen-bond donors (Lipinski definition) is 1. The van der Waals surface area contributed by atoms with Crippen molar-refractivity contribution < 1.29 is 4.79 Å². The highest BCUT2D eigenvalue weighted by Crippen LogP contribution is 2.11. The summed E-state index contributed by atoms with van der Waals surface area (Å²) in [4.78, 5) is 11.6. The molecule has 1 saturated heterocycles. The zero-order valence-electron chi connectivity index (χ0n) is 9.07. The van der Waals surface area contributed by atoms with Gasteiger partial charge in [0, 0.05) is 25.6 Å². The minimum absolute atomic E-state index is 0.331. The summed E-state index contributed by atoms with van der Waals surface area (Å²) in [7, 11) is 0. The Morgan fingerprint density at radius 2 is 2.47 bits per heavy atom. The molecule has 82 valence electrons. The molecule has 4 heteroatoms. The van der Waals surface area contributed by atoms with Gasteiger partial charge in [-0.05, 0) is 31.5 Å². The molecule has 0 spiro atoms. The first kappa shape index (κ1) is 10.4. The molecule has 0 aromatic carbocycles. The molecule has 0 saturated carbocycles. The van der Waals surface area contributed by atoms with Crippen molar-refractivity contribution in [3.63, 3.8) is 0 Å². The van der Waals surface area contributed by atoms with E-state index in [1.807, 2.05) is 17.8 Å². The van der Waals surface area contributed by atoms with Crippen molar-refractivity contribution >= 4 is 5.78 Å². The summed E-state index contributed by atoms with van der Waals surface area (Å²) in [5.74, 6) is 0.899. The third-order valence-corrected chi connectivity index (χ3v) is 2.79. The van der Waals surface area contributed by atoms with Crippen molar-refractivity contribution in [2.45, 2.75) is 26.3 Å². The molecule has 0 atom stereocenters. The van der Waals surface area contributed by atoms with E-state index < -0.39 is 0 Å². The zero-order valence-corrected chi connectivity index (χ0v) is 9.07. The summed E-state index contributed by atoms with van der Waals surface area (Å²) in [6, 6.07) is 0. The van der Waals surface area contributed by atoms with Gasteiger partial charge in [0.05, 0.1) is 6.20 Å². The monoisotopic (exact) mass is 207 g/mol. The van der Waals surface area contributed by atoms with Gasteiger partial charge in [0.2, 0.25) is 0 Å². The fraction of sp³-hybridized carbons (Fsp3) is 0.636. The van der Waals surface area contributed by atoms with E-state index >= 15 is 0 Å². The van der Waals surface area contributed by atoms with E-state index in [2.05, 4.69) is 10.4 Å². The average Bonchev–Trinajstić information content (AvgIpc) is 2.59. The van der Waals surface area contributed by atoms with E-state index in [4.69, 9.17) is 0 Å². The predicted octanol–water partition coefficient (Wildman–Crippen LogP) is 0.624. The van der Waals surface area contributed by atoms with Crippen LogP contribution >= 0.6 is 0 Å². The maximum Gasteiger partial charge on any atom is 0.137 e. The third-order valence-electron chi connectivity index (χ3n) is 2.79. The number of nitrogens with one attached hydrogen (secondary N) is 1. The van der Waals surface area contributed by atoms with E-state index in [1.165, 1.54) is 0 Å². The number of ketones is 1. The maximum absolute atomic E-state index is 11.6. The third kappa shape index (κ3) is 2.65. The summed E-state index contributed by atoms with van der Waals surface area (Å²) in [6.45, 7) is 4.90. The Morgan fingerprint density at radius 1 is 1.67 bits per heavy atom. The maximum atomic E-state index is 11.6. The van der Waals surface area contributed by atoms with Gasteiger partial charge in [-0.15, -0.1) is 0 Å². The van der Waals surface area contributed by atoms with E-state index in [9.17, 15) is 4.79 Å². The number of rotatable bonds is 5. The molecule has 1 aliphatic rings.